The average molecular weight is 396 g/mol. The number of rotatable bonds is 10. The van der Waals surface area contributed by atoms with Gasteiger partial charge in [0.05, 0.1) is 0 Å². The Hall–Kier alpha value is -2.60. The van der Waals surface area contributed by atoms with Crippen LogP contribution >= 0.6 is 0 Å². The Morgan fingerprint density at radius 2 is 1.97 bits per heavy atom. The maximum Gasteiger partial charge on any atom is 0.224 e. The third-order valence-corrected chi connectivity index (χ3v) is 5.36. The molecule has 156 valence electrons. The minimum absolute atomic E-state index is 0.455. The zero-order valence-corrected chi connectivity index (χ0v) is 17.6. The van der Waals surface area contributed by atoms with Crippen LogP contribution in [-0.2, 0) is 6.54 Å². The van der Waals surface area contributed by atoms with Gasteiger partial charge in [-0.1, -0.05) is 30.9 Å². The number of anilines is 2. The zero-order valence-electron chi connectivity index (χ0n) is 17.6. The van der Waals surface area contributed by atoms with E-state index < -0.39 is 0 Å². The summed E-state index contributed by atoms with van der Waals surface area (Å²) < 4.78 is 5.74. The SMILES string of the molecule is C=CCOc1ccccc1CNC[C@H]1CC[C@@H](Nc2nccc(N(C)C)n2)CC1. The predicted octanol–water partition coefficient (Wildman–Crippen LogP) is 3.87. The molecule has 6 nitrogen and oxygen atoms in total. The van der Waals surface area contributed by atoms with Gasteiger partial charge in [-0.25, -0.2) is 4.98 Å². The van der Waals surface area contributed by atoms with Crippen molar-refractivity contribution in [2.75, 3.05) is 37.5 Å². The van der Waals surface area contributed by atoms with Gasteiger partial charge in [0.1, 0.15) is 18.2 Å². The summed E-state index contributed by atoms with van der Waals surface area (Å²) >= 11 is 0. The molecule has 0 aliphatic heterocycles. The van der Waals surface area contributed by atoms with E-state index in [-0.39, 0.29) is 0 Å². The Morgan fingerprint density at radius 3 is 2.72 bits per heavy atom. The second kappa shape index (κ2) is 10.8. The Morgan fingerprint density at radius 1 is 1.17 bits per heavy atom. The summed E-state index contributed by atoms with van der Waals surface area (Å²) in [6, 6.07) is 10.6. The summed E-state index contributed by atoms with van der Waals surface area (Å²) in [7, 11) is 3.99. The van der Waals surface area contributed by atoms with Crippen molar-refractivity contribution in [1.82, 2.24) is 15.3 Å². The highest BCUT2D eigenvalue weighted by atomic mass is 16.5. The molecule has 1 heterocycles. The molecule has 1 aromatic heterocycles. The van der Waals surface area contributed by atoms with Crippen LogP contribution < -0.4 is 20.3 Å². The topological polar surface area (TPSA) is 62.3 Å². The standard InChI is InChI=1S/C23H33N5O/c1-4-15-29-21-8-6-5-7-19(21)17-24-16-18-9-11-20(12-10-18)26-23-25-14-13-22(27-23)28(2)3/h4-8,13-14,18,20,24H,1,9-12,15-17H2,2-3H3,(H,25,26,27)/t18-,20+. The highest BCUT2D eigenvalue weighted by Gasteiger charge is 2.21. The maximum atomic E-state index is 5.74. The Balaban J connectivity index is 1.40. The molecule has 1 aliphatic rings. The van der Waals surface area contributed by atoms with E-state index in [1.54, 1.807) is 6.08 Å². The minimum atomic E-state index is 0.455. The lowest BCUT2D eigenvalue weighted by Gasteiger charge is -2.29. The largest absolute Gasteiger partial charge is 0.489 e. The molecule has 29 heavy (non-hydrogen) atoms. The molecule has 3 rings (SSSR count). The molecule has 6 heteroatoms. The molecule has 0 saturated heterocycles. The lowest BCUT2D eigenvalue weighted by molar-refractivity contribution is 0.321. The van der Waals surface area contributed by atoms with Crippen LogP contribution in [0.5, 0.6) is 5.75 Å². The summed E-state index contributed by atoms with van der Waals surface area (Å²) in [6.45, 7) is 6.12. The van der Waals surface area contributed by atoms with Crippen LogP contribution in [0, 0.1) is 5.92 Å². The molecule has 1 aliphatic carbocycles. The fourth-order valence-electron chi connectivity index (χ4n) is 3.71. The van der Waals surface area contributed by atoms with Crippen molar-refractivity contribution < 1.29 is 4.74 Å². The van der Waals surface area contributed by atoms with Crippen LogP contribution in [0.25, 0.3) is 0 Å². The van der Waals surface area contributed by atoms with E-state index in [4.69, 9.17) is 4.74 Å². The van der Waals surface area contributed by atoms with Crippen molar-refractivity contribution in [2.45, 2.75) is 38.3 Å². The van der Waals surface area contributed by atoms with Crippen LogP contribution in [0.15, 0.2) is 49.2 Å². The highest BCUT2D eigenvalue weighted by molar-refractivity contribution is 5.41. The second-order valence-corrected chi connectivity index (χ2v) is 7.83. The monoisotopic (exact) mass is 395 g/mol. The van der Waals surface area contributed by atoms with Gasteiger partial charge in [-0.3, -0.25) is 0 Å². The number of ether oxygens (including phenoxy) is 1. The number of aromatic nitrogens is 2. The van der Waals surface area contributed by atoms with Crippen LogP contribution in [0.4, 0.5) is 11.8 Å². The van der Waals surface area contributed by atoms with E-state index in [1.165, 1.54) is 18.4 Å². The van der Waals surface area contributed by atoms with E-state index in [2.05, 4.69) is 39.3 Å². The van der Waals surface area contributed by atoms with Gasteiger partial charge in [-0.05, 0) is 50.3 Å². The van der Waals surface area contributed by atoms with Crippen molar-refractivity contribution >= 4 is 11.8 Å². The zero-order chi connectivity index (χ0) is 20.5. The number of nitrogens with one attached hydrogen (secondary N) is 2. The Kier molecular flexibility index (Phi) is 7.87. The molecule has 1 fully saturated rings. The summed E-state index contributed by atoms with van der Waals surface area (Å²) in [6.07, 6.45) is 8.33. The number of nitrogens with zero attached hydrogens (tertiary/aromatic N) is 3. The highest BCUT2D eigenvalue weighted by Crippen LogP contribution is 2.26. The Bertz CT molecular complexity index is 771. The molecule has 0 atom stereocenters. The second-order valence-electron chi connectivity index (χ2n) is 7.83. The molecule has 0 spiro atoms. The van der Waals surface area contributed by atoms with E-state index in [1.807, 2.05) is 43.4 Å². The van der Waals surface area contributed by atoms with Crippen molar-refractivity contribution in [2.24, 2.45) is 5.92 Å². The summed E-state index contributed by atoms with van der Waals surface area (Å²) in [5, 5.41) is 7.13. The molecule has 1 saturated carbocycles. The van der Waals surface area contributed by atoms with Gasteiger partial charge >= 0.3 is 0 Å². The Labute approximate surface area is 174 Å². The number of hydrogen-bond acceptors (Lipinski definition) is 6. The molecule has 0 unspecified atom stereocenters. The van der Waals surface area contributed by atoms with E-state index >= 15 is 0 Å². The van der Waals surface area contributed by atoms with Gasteiger partial charge in [0, 0.05) is 38.4 Å². The maximum absolute atomic E-state index is 5.74. The first-order valence-corrected chi connectivity index (χ1v) is 10.4. The van der Waals surface area contributed by atoms with E-state index in [0.29, 0.717) is 18.6 Å². The van der Waals surface area contributed by atoms with Crippen molar-refractivity contribution in [3.63, 3.8) is 0 Å². The fraction of sp³-hybridized carbons (Fsp3) is 0.478. The molecule has 1 aromatic carbocycles. The lowest BCUT2D eigenvalue weighted by atomic mass is 9.86. The smallest absolute Gasteiger partial charge is 0.224 e. The van der Waals surface area contributed by atoms with Crippen molar-refractivity contribution in [1.29, 1.82) is 0 Å². The van der Waals surface area contributed by atoms with Crippen LogP contribution in [0.1, 0.15) is 31.2 Å². The number of benzene rings is 1. The van der Waals surface area contributed by atoms with Gasteiger partial charge in [-0.15, -0.1) is 0 Å². The first-order chi connectivity index (χ1) is 14.2. The average Bonchev–Trinajstić information content (AvgIpc) is 2.74. The number of para-hydroxylation sites is 1. The summed E-state index contributed by atoms with van der Waals surface area (Å²) in [5.41, 5.74) is 1.20. The lowest BCUT2D eigenvalue weighted by Crippen LogP contribution is -2.31. The van der Waals surface area contributed by atoms with Gasteiger partial charge in [-0.2, -0.15) is 4.98 Å². The van der Waals surface area contributed by atoms with Crippen LogP contribution in [0.3, 0.4) is 0 Å². The first-order valence-electron chi connectivity index (χ1n) is 10.4. The first kappa shape index (κ1) is 21.1. The third kappa shape index (κ3) is 6.46. The van der Waals surface area contributed by atoms with Gasteiger partial charge in [0.15, 0.2) is 0 Å². The molecule has 2 N–H and O–H groups in total. The third-order valence-electron chi connectivity index (χ3n) is 5.36. The van der Waals surface area contributed by atoms with Crippen LogP contribution in [0.2, 0.25) is 0 Å². The molecule has 0 radical (unpaired) electrons. The molecule has 0 amide bonds. The van der Waals surface area contributed by atoms with Gasteiger partial charge in [0.25, 0.3) is 0 Å². The van der Waals surface area contributed by atoms with E-state index in [0.717, 1.165) is 43.4 Å². The quantitative estimate of drug-likeness (QED) is 0.596. The number of hydrogen-bond donors (Lipinski definition) is 2. The van der Waals surface area contributed by atoms with Crippen molar-refractivity contribution in [3.05, 3.63) is 54.7 Å². The molecular formula is C23H33N5O. The van der Waals surface area contributed by atoms with Gasteiger partial charge < -0.3 is 20.3 Å². The molecule has 0 bridgehead atoms. The summed E-state index contributed by atoms with van der Waals surface area (Å²) in [5.74, 6) is 3.31. The normalized spacial score (nSPS) is 18.8. The van der Waals surface area contributed by atoms with Gasteiger partial charge in [0.2, 0.25) is 5.95 Å². The fourth-order valence-corrected chi connectivity index (χ4v) is 3.71. The molecular weight excluding hydrogens is 362 g/mol. The predicted molar refractivity (Wildman–Crippen MR) is 120 cm³/mol. The van der Waals surface area contributed by atoms with E-state index in [9.17, 15) is 0 Å². The molecule has 2 aromatic rings. The van der Waals surface area contributed by atoms with Crippen molar-refractivity contribution in [3.8, 4) is 5.75 Å². The van der Waals surface area contributed by atoms with Crippen LogP contribution in [-0.4, -0.2) is 43.3 Å². The minimum Gasteiger partial charge on any atom is -0.489 e. The summed E-state index contributed by atoms with van der Waals surface area (Å²) in [4.78, 5) is 10.9.